The molecule has 0 saturated carbocycles. The molecule has 0 N–H and O–H groups in total. The second-order valence-electron chi connectivity index (χ2n) is 3.82. The average molecular weight is 496 g/mol. The summed E-state index contributed by atoms with van der Waals surface area (Å²) in [5, 5.41) is 1.48. The van der Waals surface area contributed by atoms with Crippen LogP contribution in [0.15, 0.2) is 36.4 Å². The zero-order valence-corrected chi connectivity index (χ0v) is 14.6. The number of carbonyl (C=O) groups is 2. The van der Waals surface area contributed by atoms with Crippen molar-refractivity contribution >= 4 is 67.9 Å². The van der Waals surface area contributed by atoms with E-state index in [2.05, 4.69) is 0 Å². The summed E-state index contributed by atoms with van der Waals surface area (Å²) in [7, 11) is 0. The predicted octanol–water partition coefficient (Wildman–Crippen LogP) is 3.52. The van der Waals surface area contributed by atoms with Crippen LogP contribution in [0.4, 0.5) is 0 Å². The van der Waals surface area contributed by atoms with Crippen molar-refractivity contribution < 1.29 is 19.1 Å². The SMILES string of the molecule is O=C(CI)Oc1cccc2c(OC(=O)CI)cccc12. The fraction of sp³-hybridized carbons (Fsp3) is 0.143. The van der Waals surface area contributed by atoms with Crippen molar-refractivity contribution in [2.75, 3.05) is 8.86 Å². The van der Waals surface area contributed by atoms with Gasteiger partial charge in [0.05, 0.1) is 8.86 Å². The number of hydrogen-bond donors (Lipinski definition) is 0. The minimum absolute atomic E-state index is 0.275. The molecule has 0 aromatic heterocycles. The monoisotopic (exact) mass is 496 g/mol. The molecule has 2 aromatic carbocycles. The number of hydrogen-bond acceptors (Lipinski definition) is 4. The maximum absolute atomic E-state index is 11.4. The molecular formula is C14H10I2O4. The van der Waals surface area contributed by atoms with E-state index in [4.69, 9.17) is 9.47 Å². The van der Waals surface area contributed by atoms with E-state index in [9.17, 15) is 9.59 Å². The van der Waals surface area contributed by atoms with Crippen molar-refractivity contribution in [1.29, 1.82) is 0 Å². The van der Waals surface area contributed by atoms with E-state index in [1.165, 1.54) is 0 Å². The van der Waals surface area contributed by atoms with E-state index in [0.29, 0.717) is 11.5 Å². The molecule has 0 amide bonds. The molecule has 0 atom stereocenters. The van der Waals surface area contributed by atoms with Gasteiger partial charge in [0.1, 0.15) is 11.5 Å². The van der Waals surface area contributed by atoms with Crippen LogP contribution >= 0.6 is 45.2 Å². The zero-order valence-electron chi connectivity index (χ0n) is 10.3. The van der Waals surface area contributed by atoms with Gasteiger partial charge in [0.2, 0.25) is 0 Å². The molecule has 2 aromatic rings. The first-order chi connectivity index (χ1) is 9.65. The average Bonchev–Trinajstić information content (AvgIpc) is 2.47. The number of esters is 2. The van der Waals surface area contributed by atoms with E-state index in [1.54, 1.807) is 24.3 Å². The van der Waals surface area contributed by atoms with Crippen LogP contribution in [-0.2, 0) is 9.59 Å². The zero-order chi connectivity index (χ0) is 14.5. The van der Waals surface area contributed by atoms with Crippen LogP contribution in [0.2, 0.25) is 0 Å². The number of benzene rings is 2. The van der Waals surface area contributed by atoms with Gasteiger partial charge in [-0.05, 0) is 12.1 Å². The Balaban J connectivity index is 2.46. The van der Waals surface area contributed by atoms with Crippen molar-refractivity contribution in [3.8, 4) is 11.5 Å². The van der Waals surface area contributed by atoms with Gasteiger partial charge in [-0.2, -0.15) is 0 Å². The number of carbonyl (C=O) groups excluding carboxylic acids is 2. The van der Waals surface area contributed by atoms with Gasteiger partial charge >= 0.3 is 11.9 Å². The lowest BCUT2D eigenvalue weighted by atomic mass is 10.1. The lowest BCUT2D eigenvalue weighted by Crippen LogP contribution is -2.10. The van der Waals surface area contributed by atoms with Crippen LogP contribution in [0.3, 0.4) is 0 Å². The molecule has 0 saturated heterocycles. The highest BCUT2D eigenvalue weighted by Crippen LogP contribution is 2.32. The molecule has 0 aliphatic rings. The third-order valence-corrected chi connectivity index (χ3v) is 3.75. The van der Waals surface area contributed by atoms with E-state index in [0.717, 1.165) is 10.8 Å². The van der Waals surface area contributed by atoms with Crippen LogP contribution in [-0.4, -0.2) is 20.8 Å². The molecule has 0 aliphatic heterocycles. The highest BCUT2D eigenvalue weighted by molar-refractivity contribution is 14.1. The summed E-state index contributed by atoms with van der Waals surface area (Å²) < 4.78 is 11.1. The highest BCUT2D eigenvalue weighted by atomic mass is 127. The Bertz CT molecular complexity index is 597. The van der Waals surface area contributed by atoms with Gasteiger partial charge in [-0.1, -0.05) is 69.4 Å². The van der Waals surface area contributed by atoms with Crippen LogP contribution < -0.4 is 9.47 Å². The molecule has 0 fully saturated rings. The lowest BCUT2D eigenvalue weighted by molar-refractivity contribution is -0.132. The standard InChI is InChI=1S/C14H10I2O4/c15-7-13(17)19-11-5-1-3-9-10(11)4-2-6-12(9)20-14(18)8-16/h1-6H,7-8H2. The quantitative estimate of drug-likeness (QED) is 0.282. The number of halogens is 2. The highest BCUT2D eigenvalue weighted by Gasteiger charge is 2.11. The fourth-order valence-corrected chi connectivity index (χ4v) is 2.04. The van der Waals surface area contributed by atoms with E-state index in [-0.39, 0.29) is 20.8 Å². The maximum atomic E-state index is 11.4. The summed E-state index contributed by atoms with van der Waals surface area (Å²) in [6.45, 7) is 0. The summed E-state index contributed by atoms with van der Waals surface area (Å²) in [6.07, 6.45) is 0. The third kappa shape index (κ3) is 3.60. The second kappa shape index (κ2) is 7.21. The van der Waals surface area contributed by atoms with Gasteiger partial charge in [0.15, 0.2) is 0 Å². The van der Waals surface area contributed by atoms with Gasteiger partial charge in [0, 0.05) is 10.8 Å². The smallest absolute Gasteiger partial charge is 0.321 e. The van der Waals surface area contributed by atoms with Gasteiger partial charge < -0.3 is 9.47 Å². The molecule has 0 spiro atoms. The second-order valence-corrected chi connectivity index (χ2v) is 5.35. The van der Waals surface area contributed by atoms with Crippen LogP contribution in [0.1, 0.15) is 0 Å². The molecule has 0 radical (unpaired) electrons. The maximum Gasteiger partial charge on any atom is 0.321 e. The number of fused-ring (bicyclic) bond motifs is 1. The Hall–Kier alpha value is -0.900. The van der Waals surface area contributed by atoms with Gasteiger partial charge in [0.25, 0.3) is 0 Å². The first kappa shape index (κ1) is 15.5. The summed E-state index contributed by atoms with van der Waals surface area (Å²) >= 11 is 3.89. The van der Waals surface area contributed by atoms with Gasteiger partial charge in [-0.3, -0.25) is 9.59 Å². The summed E-state index contributed by atoms with van der Waals surface area (Å²) in [4.78, 5) is 22.8. The van der Waals surface area contributed by atoms with E-state index in [1.807, 2.05) is 57.3 Å². The van der Waals surface area contributed by atoms with Crippen molar-refractivity contribution in [1.82, 2.24) is 0 Å². The topological polar surface area (TPSA) is 52.6 Å². The summed E-state index contributed by atoms with van der Waals surface area (Å²) in [5.74, 6) is 0.314. The number of ether oxygens (including phenoxy) is 2. The Morgan fingerprint density at radius 1 is 0.800 bits per heavy atom. The van der Waals surface area contributed by atoms with Crippen LogP contribution in [0.5, 0.6) is 11.5 Å². The summed E-state index contributed by atoms with van der Waals surface area (Å²) in [5.41, 5.74) is 0. The van der Waals surface area contributed by atoms with Gasteiger partial charge in [-0.15, -0.1) is 0 Å². The first-order valence-corrected chi connectivity index (χ1v) is 8.76. The van der Waals surface area contributed by atoms with Crippen LogP contribution in [0.25, 0.3) is 10.8 Å². The lowest BCUT2D eigenvalue weighted by Gasteiger charge is -2.10. The molecule has 0 unspecified atom stereocenters. The van der Waals surface area contributed by atoms with Gasteiger partial charge in [-0.25, -0.2) is 0 Å². The Morgan fingerprint density at radius 2 is 1.20 bits per heavy atom. The first-order valence-electron chi connectivity index (χ1n) is 5.70. The van der Waals surface area contributed by atoms with Crippen molar-refractivity contribution in [3.63, 3.8) is 0 Å². The third-order valence-electron chi connectivity index (χ3n) is 2.51. The fourth-order valence-electron chi connectivity index (χ4n) is 1.73. The minimum atomic E-state index is -0.312. The Kier molecular flexibility index (Phi) is 5.58. The molecule has 20 heavy (non-hydrogen) atoms. The van der Waals surface area contributed by atoms with Crippen LogP contribution in [0, 0.1) is 0 Å². The molecule has 4 nitrogen and oxygen atoms in total. The van der Waals surface area contributed by atoms with E-state index < -0.39 is 0 Å². The molecule has 0 aliphatic carbocycles. The molecule has 0 bridgehead atoms. The van der Waals surface area contributed by atoms with Crippen molar-refractivity contribution in [3.05, 3.63) is 36.4 Å². The molecule has 0 heterocycles. The Labute approximate surface area is 143 Å². The molecule has 104 valence electrons. The predicted molar refractivity (Wildman–Crippen MR) is 93.0 cm³/mol. The van der Waals surface area contributed by atoms with E-state index >= 15 is 0 Å². The largest absolute Gasteiger partial charge is 0.425 e. The summed E-state index contributed by atoms with van der Waals surface area (Å²) in [6, 6.07) is 10.6. The van der Waals surface area contributed by atoms with Crippen molar-refractivity contribution in [2.45, 2.75) is 0 Å². The molecule has 6 heteroatoms. The number of alkyl halides is 2. The minimum Gasteiger partial charge on any atom is -0.425 e. The van der Waals surface area contributed by atoms with Crippen molar-refractivity contribution in [2.24, 2.45) is 0 Å². The Morgan fingerprint density at radius 3 is 1.55 bits per heavy atom. The normalized spacial score (nSPS) is 10.3. The molecule has 2 rings (SSSR count). The molecular weight excluding hydrogens is 486 g/mol. The number of rotatable bonds is 4.